The van der Waals surface area contributed by atoms with Crippen LogP contribution in [0.15, 0.2) is 134 Å². The maximum Gasteiger partial charge on any atom is 1.00 e. The van der Waals surface area contributed by atoms with E-state index in [4.69, 9.17) is 37.1 Å². The second kappa shape index (κ2) is 34.4. The van der Waals surface area contributed by atoms with Gasteiger partial charge in [-0.1, -0.05) is 114 Å². The fourth-order valence-corrected chi connectivity index (χ4v) is 12.3. The molecule has 4 aromatic carbocycles. The molecule has 0 spiro atoms. The van der Waals surface area contributed by atoms with Crippen LogP contribution in [0.4, 0.5) is 11.4 Å². The molecule has 0 saturated carbocycles. The van der Waals surface area contributed by atoms with Crippen LogP contribution in [0.1, 0.15) is 108 Å². The number of hydrogen-bond donors (Lipinski definition) is 0. The summed E-state index contributed by atoms with van der Waals surface area (Å²) in [5, 5.41) is 22.3. The Labute approximate surface area is 561 Å². The van der Waals surface area contributed by atoms with Crippen molar-refractivity contribution in [1.29, 1.82) is 0 Å². The SMILES string of the molecule is C1CCOC1.CC(C)(C)[Si](C)(C)OCCOc1cc([N+](=O)[O-])ccc1C=O.CCOP(=O)(Cc1ccc(-c2cn3cc(C)ccc3n2)cc1)OCC.Cc1ccc2nc(-c3ccc(/C=C/c4ccc([N+](=O)[O-])cc4OCCO[Si](C)(C)C(C)(C)C)cc3)cn2c1.[H-].[Na+]. The van der Waals surface area contributed by atoms with Crippen molar-refractivity contribution in [1.82, 2.24) is 18.8 Å². The maximum atomic E-state index is 12.6. The van der Waals surface area contributed by atoms with Gasteiger partial charge in [-0.2, -0.15) is 0 Å². The number of rotatable bonds is 23. The molecule has 1 aliphatic heterocycles. The van der Waals surface area contributed by atoms with Crippen LogP contribution in [0.2, 0.25) is 36.3 Å². The van der Waals surface area contributed by atoms with Crippen LogP contribution >= 0.6 is 7.60 Å². The third-order valence-corrected chi connectivity index (χ3v) is 26.9. The van der Waals surface area contributed by atoms with E-state index in [9.17, 15) is 29.6 Å². The normalized spacial score (nSPS) is 12.7. The topological polar surface area (TPSA) is 220 Å². The van der Waals surface area contributed by atoms with Gasteiger partial charge in [-0.15, -0.1) is 0 Å². The van der Waals surface area contributed by atoms with Gasteiger partial charge in [-0.05, 0) is 123 Å². The molecular weight excluding hydrogens is 1220 g/mol. The molecule has 1 saturated heterocycles. The summed E-state index contributed by atoms with van der Waals surface area (Å²) in [7, 11) is -6.82. The molecule has 23 heteroatoms. The number of ether oxygens (including phenoxy) is 3. The zero-order chi connectivity index (χ0) is 65.9. The van der Waals surface area contributed by atoms with E-state index in [-0.39, 0.29) is 76.5 Å². The van der Waals surface area contributed by atoms with E-state index in [2.05, 4.69) is 105 Å². The third kappa shape index (κ3) is 22.7. The summed E-state index contributed by atoms with van der Waals surface area (Å²) in [6.45, 7) is 33.5. The summed E-state index contributed by atoms with van der Waals surface area (Å²) in [5.41, 5.74) is 10.9. The summed E-state index contributed by atoms with van der Waals surface area (Å²) >= 11 is 0. The van der Waals surface area contributed by atoms with Gasteiger partial charge in [0.25, 0.3) is 11.4 Å². The van der Waals surface area contributed by atoms with Crippen molar-refractivity contribution in [3.05, 3.63) is 188 Å². The van der Waals surface area contributed by atoms with Crippen LogP contribution < -0.4 is 39.0 Å². The molecule has 19 nitrogen and oxygen atoms in total. The Kier molecular flexibility index (Phi) is 28.5. The molecule has 0 bridgehead atoms. The van der Waals surface area contributed by atoms with E-state index >= 15 is 0 Å². The average Bonchev–Trinajstić information content (AvgIpc) is 1.72. The quantitative estimate of drug-likeness (QED) is 0.0111. The molecule has 9 rings (SSSR count). The van der Waals surface area contributed by atoms with E-state index in [0.29, 0.717) is 45.1 Å². The number of aryl methyl sites for hydroxylation is 2. The first-order valence-electron chi connectivity index (χ1n) is 30.3. The Hall–Kier alpha value is -6.47. The molecule has 484 valence electrons. The third-order valence-electron chi connectivity index (χ3n) is 15.7. The Morgan fingerprint density at radius 1 is 0.604 bits per heavy atom. The monoisotopic (exact) mass is 1310 g/mol. The van der Waals surface area contributed by atoms with E-state index in [1.807, 2.05) is 114 Å². The van der Waals surface area contributed by atoms with Crippen molar-refractivity contribution in [3.8, 4) is 34.0 Å². The maximum absolute atomic E-state index is 12.6. The number of nitro groups is 2. The van der Waals surface area contributed by atoms with Gasteiger partial charge in [0, 0.05) is 66.8 Å². The van der Waals surface area contributed by atoms with Crippen molar-refractivity contribution < 1.29 is 82.3 Å². The largest absolute Gasteiger partial charge is 1.00 e. The Morgan fingerprint density at radius 2 is 1.03 bits per heavy atom. The van der Waals surface area contributed by atoms with Crippen molar-refractivity contribution in [2.75, 3.05) is 52.9 Å². The molecule has 0 radical (unpaired) electrons. The molecule has 1 fully saturated rings. The Bertz CT molecular complexity index is 3740. The molecule has 5 heterocycles. The van der Waals surface area contributed by atoms with Crippen molar-refractivity contribution >= 4 is 65.3 Å². The van der Waals surface area contributed by atoms with Crippen LogP contribution in [0.3, 0.4) is 0 Å². The van der Waals surface area contributed by atoms with Crippen molar-refractivity contribution in [3.63, 3.8) is 0 Å². The number of carbonyl (C=O) groups is 1. The number of imidazole rings is 2. The number of nitro benzene ring substituents is 2. The number of nitrogens with zero attached hydrogens (tertiary/aromatic N) is 6. The fraction of sp³-hybridized carbons (Fsp3) is 0.397. The molecular formula is C68H90N6NaO13PSi2. The number of carbonyl (C=O) groups excluding carboxylic acids is 1. The minimum absolute atomic E-state index is 0. The first kappa shape index (κ1) is 75.3. The van der Waals surface area contributed by atoms with Gasteiger partial charge in [0.2, 0.25) is 0 Å². The Morgan fingerprint density at radius 3 is 1.43 bits per heavy atom. The van der Waals surface area contributed by atoms with Gasteiger partial charge in [0.15, 0.2) is 22.9 Å². The summed E-state index contributed by atoms with van der Waals surface area (Å²) in [6, 6.07) is 32.8. The number of fused-ring (bicyclic) bond motifs is 2. The number of hydrogen-bond acceptors (Lipinski definition) is 15. The zero-order valence-corrected chi connectivity index (χ0v) is 60.5. The number of benzene rings is 4. The second-order valence-corrected chi connectivity index (χ2v) is 36.4. The van der Waals surface area contributed by atoms with Crippen molar-refractivity contribution in [2.24, 2.45) is 0 Å². The van der Waals surface area contributed by atoms with E-state index in [1.54, 1.807) is 6.07 Å². The number of aldehydes is 1. The number of non-ortho nitro benzene ring substituents is 2. The smallest absolute Gasteiger partial charge is 1.00 e. The zero-order valence-electron chi connectivity index (χ0n) is 56.6. The first-order chi connectivity index (χ1) is 42.5. The Balaban J connectivity index is 0.000000291. The van der Waals surface area contributed by atoms with Crippen LogP contribution in [-0.2, 0) is 33.4 Å². The predicted octanol–water partition coefficient (Wildman–Crippen LogP) is 14.6. The van der Waals surface area contributed by atoms with Gasteiger partial charge in [-0.3, -0.25) is 29.6 Å². The molecule has 1 aliphatic rings. The average molecular weight is 1310 g/mol. The van der Waals surface area contributed by atoms with Crippen LogP contribution in [0, 0.1) is 34.1 Å². The summed E-state index contributed by atoms with van der Waals surface area (Å²) < 4.78 is 56.0. The molecule has 0 amide bonds. The molecule has 0 N–H and O–H groups in total. The van der Waals surface area contributed by atoms with Gasteiger partial charge in [0.05, 0.1) is 71.5 Å². The number of aromatic nitrogens is 4. The van der Waals surface area contributed by atoms with E-state index in [0.717, 1.165) is 63.7 Å². The van der Waals surface area contributed by atoms with Crippen LogP contribution in [0.25, 0.3) is 46.0 Å². The minimum Gasteiger partial charge on any atom is -1.00 e. The molecule has 0 unspecified atom stereocenters. The first-order valence-corrected chi connectivity index (χ1v) is 37.9. The van der Waals surface area contributed by atoms with Gasteiger partial charge in [-0.25, -0.2) is 9.97 Å². The predicted molar refractivity (Wildman–Crippen MR) is 364 cm³/mol. The molecule has 0 atom stereocenters. The van der Waals surface area contributed by atoms with Gasteiger partial charge in [0.1, 0.15) is 36.0 Å². The van der Waals surface area contributed by atoms with E-state index in [1.165, 1.54) is 54.3 Å². The molecule has 91 heavy (non-hydrogen) atoms. The molecule has 4 aromatic heterocycles. The number of pyridine rings is 2. The van der Waals surface area contributed by atoms with Crippen LogP contribution in [-0.4, -0.2) is 104 Å². The summed E-state index contributed by atoms with van der Waals surface area (Å²) in [4.78, 5) is 41.5. The molecule has 0 aliphatic carbocycles. The van der Waals surface area contributed by atoms with E-state index < -0.39 is 34.1 Å². The van der Waals surface area contributed by atoms with Gasteiger partial charge < -0.3 is 42.3 Å². The summed E-state index contributed by atoms with van der Waals surface area (Å²) in [6.07, 6.45) is 15.5. The fourth-order valence-electron chi connectivity index (χ4n) is 8.56. The minimum atomic E-state index is -3.08. The summed E-state index contributed by atoms with van der Waals surface area (Å²) in [5.74, 6) is 0.675. The standard InChI is InChI=1S/C30H35N3O4Si.C19H23N2O3P.C15H23NO5Si.C4H8O.Na.H/c1-22-7-16-29-31-27(21-32(29)20-22)24-11-8-23(9-12-24)10-13-25-14-15-26(33(34)35)19-28(25)36-17-18-37-38(5,6)30(2,3)4;1-4-23-25(22,24-5-2)14-16-7-9-17(10-8-16)18-13-21-12-15(3)6-11-19(21)20-18;1-15(2,3)22(4,5)21-9-8-20-14-10-13(16(18)19)7-6-12(14)11-17;1-2-4-5-3-1;;/h7-16,19-21H,17-18H2,1-6H3;6-13H,4-5,14H2,1-3H3;6-7,10-11H,8-9H2,1-5H3;1-4H2;;/q;;;;+1;-1/b13-10+;;;;;. The second-order valence-electron chi connectivity index (χ2n) is 24.8. The van der Waals surface area contributed by atoms with Crippen molar-refractivity contribution in [2.45, 2.75) is 125 Å². The van der Waals surface area contributed by atoms with Gasteiger partial charge >= 0.3 is 37.2 Å². The molecule has 8 aromatic rings. The van der Waals surface area contributed by atoms with Crippen LogP contribution in [0.5, 0.6) is 11.5 Å².